The Morgan fingerprint density at radius 2 is 1.85 bits per heavy atom. The van der Waals surface area contributed by atoms with E-state index in [-0.39, 0.29) is 12.4 Å². The Kier molecular flexibility index (Phi) is 11.7. The molecule has 0 spiro atoms. The zero-order valence-electron chi connectivity index (χ0n) is 8.54. The van der Waals surface area contributed by atoms with Crippen LogP contribution in [-0.2, 0) is 14.3 Å². The van der Waals surface area contributed by atoms with Crippen molar-refractivity contribution >= 4 is 10.1 Å². The molecular weight excluding hydrogens is 192 g/mol. The summed E-state index contributed by atoms with van der Waals surface area (Å²) < 4.78 is 25.7. The topological polar surface area (TPSA) is 81.4 Å². The van der Waals surface area contributed by atoms with E-state index < -0.39 is 10.1 Å². The molecule has 0 aliphatic carbocycles. The fraction of sp³-hybridized carbons (Fsp3) is 1.00. The molecule has 5 nitrogen and oxygen atoms in total. The average molecular weight is 212 g/mol. The SMILES string of the molecule is CCS(=O)(=O)OCCCN.CNC. The van der Waals surface area contributed by atoms with E-state index in [4.69, 9.17) is 5.73 Å². The average Bonchev–Trinajstić information content (AvgIpc) is 2.06. The molecular formula is C7H20N2O3S. The maximum atomic E-state index is 10.6. The van der Waals surface area contributed by atoms with Gasteiger partial charge in [-0.05, 0) is 34.0 Å². The number of nitrogens with one attached hydrogen (secondary N) is 1. The minimum absolute atomic E-state index is 0.0254. The summed E-state index contributed by atoms with van der Waals surface area (Å²) in [7, 11) is 0.503. The van der Waals surface area contributed by atoms with Crippen molar-refractivity contribution in [1.82, 2.24) is 5.32 Å². The predicted octanol–water partition coefficient (Wildman–Crippen LogP) is -0.463. The number of nitrogens with two attached hydrogens (primary N) is 1. The Morgan fingerprint density at radius 3 is 2.15 bits per heavy atom. The van der Waals surface area contributed by atoms with Gasteiger partial charge in [0.05, 0.1) is 12.4 Å². The summed E-state index contributed by atoms with van der Waals surface area (Å²) in [5.74, 6) is 0.0254. The molecule has 0 aliphatic heterocycles. The van der Waals surface area contributed by atoms with Gasteiger partial charge in [-0.15, -0.1) is 0 Å². The third kappa shape index (κ3) is 14.7. The lowest BCUT2D eigenvalue weighted by atomic mass is 10.5. The second kappa shape index (κ2) is 9.91. The summed E-state index contributed by atoms with van der Waals surface area (Å²) in [6.45, 7) is 2.20. The molecule has 0 aliphatic rings. The van der Waals surface area contributed by atoms with Crippen LogP contribution in [0.2, 0.25) is 0 Å². The standard InChI is InChI=1S/C5H13NO3S.C2H7N/c1-2-10(7,8)9-5-3-4-6;1-3-2/h2-6H2,1H3;3H,1-2H3. The van der Waals surface area contributed by atoms with E-state index in [9.17, 15) is 8.42 Å². The van der Waals surface area contributed by atoms with E-state index in [1.54, 1.807) is 0 Å². The normalized spacial score (nSPS) is 10.5. The van der Waals surface area contributed by atoms with Crippen LogP contribution >= 0.6 is 0 Å². The fourth-order valence-corrected chi connectivity index (χ4v) is 0.891. The Balaban J connectivity index is 0. The molecule has 82 valence electrons. The first-order chi connectivity index (χ1) is 6.04. The molecule has 0 amide bonds. The van der Waals surface area contributed by atoms with Gasteiger partial charge in [-0.1, -0.05) is 0 Å². The molecule has 0 heterocycles. The quantitative estimate of drug-likeness (QED) is 0.476. The van der Waals surface area contributed by atoms with Crippen LogP contribution in [0.15, 0.2) is 0 Å². The fourth-order valence-electron chi connectivity index (χ4n) is 0.353. The van der Waals surface area contributed by atoms with Crippen molar-refractivity contribution in [2.24, 2.45) is 5.73 Å². The lowest BCUT2D eigenvalue weighted by Crippen LogP contribution is -2.11. The second-order valence-corrected chi connectivity index (χ2v) is 4.24. The van der Waals surface area contributed by atoms with E-state index in [0.717, 1.165) is 0 Å². The molecule has 0 saturated heterocycles. The highest BCUT2D eigenvalue weighted by Crippen LogP contribution is 1.92. The van der Waals surface area contributed by atoms with Crippen LogP contribution in [-0.4, -0.2) is 41.4 Å². The summed E-state index contributed by atoms with van der Waals surface area (Å²) in [4.78, 5) is 0. The predicted molar refractivity (Wildman–Crippen MR) is 54.1 cm³/mol. The lowest BCUT2D eigenvalue weighted by Gasteiger charge is -2.00. The monoisotopic (exact) mass is 212 g/mol. The highest BCUT2D eigenvalue weighted by molar-refractivity contribution is 7.86. The van der Waals surface area contributed by atoms with Crippen molar-refractivity contribution < 1.29 is 12.6 Å². The number of rotatable bonds is 5. The molecule has 0 bridgehead atoms. The van der Waals surface area contributed by atoms with E-state index in [0.29, 0.717) is 13.0 Å². The summed E-state index contributed by atoms with van der Waals surface area (Å²) in [5, 5.41) is 2.75. The third-order valence-corrected chi connectivity index (χ3v) is 2.20. The van der Waals surface area contributed by atoms with E-state index in [1.807, 2.05) is 14.1 Å². The maximum absolute atomic E-state index is 10.6. The van der Waals surface area contributed by atoms with Crippen LogP contribution in [0.5, 0.6) is 0 Å². The van der Waals surface area contributed by atoms with Gasteiger partial charge in [0.25, 0.3) is 10.1 Å². The van der Waals surface area contributed by atoms with Crippen LogP contribution < -0.4 is 11.1 Å². The summed E-state index contributed by atoms with van der Waals surface area (Å²) in [6, 6.07) is 0. The first kappa shape index (κ1) is 15.3. The Morgan fingerprint density at radius 1 is 1.38 bits per heavy atom. The third-order valence-electron chi connectivity index (χ3n) is 0.965. The largest absolute Gasteiger partial charge is 0.330 e. The first-order valence-electron chi connectivity index (χ1n) is 4.19. The highest BCUT2D eigenvalue weighted by Gasteiger charge is 2.04. The molecule has 0 radical (unpaired) electrons. The highest BCUT2D eigenvalue weighted by atomic mass is 32.2. The van der Waals surface area contributed by atoms with Crippen molar-refractivity contribution in [1.29, 1.82) is 0 Å². The maximum Gasteiger partial charge on any atom is 0.267 e. The van der Waals surface area contributed by atoms with Crippen LogP contribution in [0.25, 0.3) is 0 Å². The van der Waals surface area contributed by atoms with Crippen molar-refractivity contribution in [3.63, 3.8) is 0 Å². The van der Waals surface area contributed by atoms with Crippen molar-refractivity contribution in [3.05, 3.63) is 0 Å². The van der Waals surface area contributed by atoms with Crippen LogP contribution in [0.3, 0.4) is 0 Å². The molecule has 3 N–H and O–H groups in total. The Hall–Kier alpha value is -0.170. The molecule has 0 atom stereocenters. The van der Waals surface area contributed by atoms with Crippen LogP contribution in [0.4, 0.5) is 0 Å². The summed E-state index contributed by atoms with van der Waals surface area (Å²) in [6.07, 6.45) is 0.583. The van der Waals surface area contributed by atoms with Gasteiger partial charge in [-0.2, -0.15) is 8.42 Å². The molecule has 0 aromatic carbocycles. The van der Waals surface area contributed by atoms with E-state index in [1.165, 1.54) is 6.92 Å². The van der Waals surface area contributed by atoms with Crippen molar-refractivity contribution in [2.75, 3.05) is 33.0 Å². The molecule has 0 fully saturated rings. The molecule has 0 saturated carbocycles. The minimum atomic E-state index is -3.25. The van der Waals surface area contributed by atoms with Gasteiger partial charge in [0, 0.05) is 0 Å². The molecule has 0 unspecified atom stereocenters. The zero-order valence-corrected chi connectivity index (χ0v) is 9.36. The van der Waals surface area contributed by atoms with Gasteiger partial charge in [0.2, 0.25) is 0 Å². The molecule has 0 aromatic heterocycles. The van der Waals surface area contributed by atoms with E-state index in [2.05, 4.69) is 9.50 Å². The van der Waals surface area contributed by atoms with Gasteiger partial charge in [-0.3, -0.25) is 4.18 Å². The van der Waals surface area contributed by atoms with Gasteiger partial charge in [-0.25, -0.2) is 0 Å². The molecule has 6 heteroatoms. The van der Waals surface area contributed by atoms with Crippen molar-refractivity contribution in [3.8, 4) is 0 Å². The minimum Gasteiger partial charge on any atom is -0.330 e. The molecule has 0 rings (SSSR count). The van der Waals surface area contributed by atoms with Gasteiger partial charge in [0.15, 0.2) is 0 Å². The van der Waals surface area contributed by atoms with Gasteiger partial charge in [0.1, 0.15) is 0 Å². The number of hydrogen-bond donors (Lipinski definition) is 2. The Labute approximate surface area is 80.8 Å². The van der Waals surface area contributed by atoms with Gasteiger partial charge < -0.3 is 11.1 Å². The first-order valence-corrected chi connectivity index (χ1v) is 5.77. The van der Waals surface area contributed by atoms with Crippen molar-refractivity contribution in [2.45, 2.75) is 13.3 Å². The summed E-state index contributed by atoms with van der Waals surface area (Å²) in [5.41, 5.74) is 5.12. The molecule has 0 aromatic rings. The number of hydrogen-bond acceptors (Lipinski definition) is 5. The smallest absolute Gasteiger partial charge is 0.267 e. The van der Waals surface area contributed by atoms with Gasteiger partial charge >= 0.3 is 0 Å². The second-order valence-electron chi connectivity index (χ2n) is 2.31. The summed E-state index contributed by atoms with van der Waals surface area (Å²) >= 11 is 0. The van der Waals surface area contributed by atoms with E-state index >= 15 is 0 Å². The zero-order chi connectivity index (χ0) is 10.7. The molecule has 13 heavy (non-hydrogen) atoms. The van der Waals surface area contributed by atoms with Crippen LogP contribution in [0, 0.1) is 0 Å². The van der Waals surface area contributed by atoms with Crippen LogP contribution in [0.1, 0.15) is 13.3 Å². The Bertz CT molecular complexity index is 180. The lowest BCUT2D eigenvalue weighted by molar-refractivity contribution is 0.315.